The van der Waals surface area contributed by atoms with Crippen molar-refractivity contribution < 1.29 is 4.79 Å². The molecule has 1 atom stereocenters. The molecule has 2 aromatic rings. The third-order valence-electron chi connectivity index (χ3n) is 2.38. The molecule has 0 aliphatic heterocycles. The van der Waals surface area contributed by atoms with Crippen LogP contribution in [0.2, 0.25) is 0 Å². The number of carbonyl (C=O) groups is 1. The van der Waals surface area contributed by atoms with Crippen molar-refractivity contribution in [2.45, 2.75) is 5.38 Å². The Labute approximate surface area is 99.7 Å². The summed E-state index contributed by atoms with van der Waals surface area (Å²) in [6, 6.07) is 18.5. The van der Waals surface area contributed by atoms with Gasteiger partial charge in [0.05, 0.1) is 0 Å². The largest absolute Gasteiger partial charge is 0.292 e. The fourth-order valence-corrected chi connectivity index (χ4v) is 1.79. The van der Waals surface area contributed by atoms with Crippen molar-refractivity contribution in [1.29, 1.82) is 0 Å². The van der Waals surface area contributed by atoms with Gasteiger partial charge in [-0.1, -0.05) is 60.7 Å². The van der Waals surface area contributed by atoms with Crippen molar-refractivity contribution in [2.24, 2.45) is 0 Å². The van der Waals surface area contributed by atoms with Gasteiger partial charge in [0.2, 0.25) is 0 Å². The zero-order valence-corrected chi connectivity index (χ0v) is 9.39. The van der Waals surface area contributed by atoms with Gasteiger partial charge in [-0.05, 0) is 5.56 Å². The maximum atomic E-state index is 12.0. The van der Waals surface area contributed by atoms with Crippen LogP contribution in [0.25, 0.3) is 0 Å². The minimum absolute atomic E-state index is 0.0616. The number of ketones is 1. The standard InChI is InChI=1S/C14H11ClO/c15-13(11-7-3-1-4-8-11)14(16)12-9-5-2-6-10-12/h1-10,13H. The Bertz CT molecular complexity index is 465. The normalized spacial score (nSPS) is 12.1. The summed E-state index contributed by atoms with van der Waals surface area (Å²) in [6.07, 6.45) is 0. The van der Waals surface area contributed by atoms with E-state index in [0.717, 1.165) is 5.56 Å². The molecule has 0 saturated heterocycles. The molecule has 16 heavy (non-hydrogen) atoms. The molecular formula is C14H11ClO. The number of rotatable bonds is 3. The maximum absolute atomic E-state index is 12.0. The van der Waals surface area contributed by atoms with E-state index in [1.165, 1.54) is 0 Å². The smallest absolute Gasteiger partial charge is 0.185 e. The average molecular weight is 231 g/mol. The third kappa shape index (κ3) is 2.31. The molecule has 0 N–H and O–H groups in total. The molecule has 0 spiro atoms. The molecule has 2 aromatic carbocycles. The summed E-state index contributed by atoms with van der Waals surface area (Å²) in [4.78, 5) is 12.0. The molecule has 0 radical (unpaired) electrons. The Morgan fingerprint density at radius 3 is 1.94 bits per heavy atom. The molecule has 2 rings (SSSR count). The second-order valence-electron chi connectivity index (χ2n) is 3.50. The van der Waals surface area contributed by atoms with Gasteiger partial charge >= 0.3 is 0 Å². The molecule has 0 bridgehead atoms. The highest BCUT2D eigenvalue weighted by Crippen LogP contribution is 2.24. The van der Waals surface area contributed by atoms with Crippen LogP contribution in [-0.2, 0) is 0 Å². The van der Waals surface area contributed by atoms with Crippen molar-refractivity contribution in [3.05, 3.63) is 71.8 Å². The van der Waals surface area contributed by atoms with Crippen LogP contribution >= 0.6 is 11.6 Å². The van der Waals surface area contributed by atoms with E-state index >= 15 is 0 Å². The number of hydrogen-bond acceptors (Lipinski definition) is 1. The third-order valence-corrected chi connectivity index (χ3v) is 2.83. The molecule has 1 unspecified atom stereocenters. The van der Waals surface area contributed by atoms with Crippen LogP contribution < -0.4 is 0 Å². The Hall–Kier alpha value is -1.60. The lowest BCUT2D eigenvalue weighted by molar-refractivity contribution is 0.0987. The minimum atomic E-state index is -0.608. The van der Waals surface area contributed by atoms with Gasteiger partial charge in [0.1, 0.15) is 5.38 Å². The van der Waals surface area contributed by atoms with Gasteiger partial charge in [0.25, 0.3) is 0 Å². The zero-order chi connectivity index (χ0) is 11.4. The Morgan fingerprint density at radius 1 is 0.875 bits per heavy atom. The second kappa shape index (κ2) is 4.95. The summed E-state index contributed by atoms with van der Waals surface area (Å²) in [7, 11) is 0. The van der Waals surface area contributed by atoms with E-state index in [4.69, 9.17) is 11.6 Å². The van der Waals surface area contributed by atoms with Crippen LogP contribution in [0.5, 0.6) is 0 Å². The van der Waals surface area contributed by atoms with E-state index in [1.54, 1.807) is 12.1 Å². The Kier molecular flexibility index (Phi) is 3.37. The van der Waals surface area contributed by atoms with Crippen molar-refractivity contribution in [1.82, 2.24) is 0 Å². The monoisotopic (exact) mass is 230 g/mol. The van der Waals surface area contributed by atoms with Crippen LogP contribution in [0.3, 0.4) is 0 Å². The number of alkyl halides is 1. The van der Waals surface area contributed by atoms with E-state index in [1.807, 2.05) is 48.5 Å². The van der Waals surface area contributed by atoms with Crippen LogP contribution in [0.15, 0.2) is 60.7 Å². The lowest BCUT2D eigenvalue weighted by atomic mass is 10.0. The fourth-order valence-electron chi connectivity index (χ4n) is 1.52. The van der Waals surface area contributed by atoms with Gasteiger partial charge < -0.3 is 0 Å². The first-order valence-corrected chi connectivity index (χ1v) is 5.51. The Balaban J connectivity index is 2.24. The van der Waals surface area contributed by atoms with Crippen LogP contribution in [0.1, 0.15) is 21.3 Å². The van der Waals surface area contributed by atoms with E-state index < -0.39 is 5.38 Å². The van der Waals surface area contributed by atoms with E-state index in [2.05, 4.69) is 0 Å². The van der Waals surface area contributed by atoms with Crippen molar-refractivity contribution in [2.75, 3.05) is 0 Å². The predicted octanol–water partition coefficient (Wildman–Crippen LogP) is 3.85. The van der Waals surface area contributed by atoms with Crippen LogP contribution in [0.4, 0.5) is 0 Å². The van der Waals surface area contributed by atoms with Gasteiger partial charge in [-0.25, -0.2) is 0 Å². The van der Waals surface area contributed by atoms with E-state index in [-0.39, 0.29) is 5.78 Å². The molecule has 0 amide bonds. The fraction of sp³-hybridized carbons (Fsp3) is 0.0714. The van der Waals surface area contributed by atoms with E-state index in [0.29, 0.717) is 5.56 Å². The highest BCUT2D eigenvalue weighted by atomic mass is 35.5. The zero-order valence-electron chi connectivity index (χ0n) is 8.64. The predicted molar refractivity (Wildman–Crippen MR) is 65.8 cm³/mol. The number of benzene rings is 2. The summed E-state index contributed by atoms with van der Waals surface area (Å²) in [5.74, 6) is -0.0616. The first kappa shape index (κ1) is 10.9. The van der Waals surface area contributed by atoms with E-state index in [9.17, 15) is 4.79 Å². The molecule has 0 heterocycles. The average Bonchev–Trinajstić information content (AvgIpc) is 2.39. The summed E-state index contributed by atoms with van der Waals surface area (Å²) < 4.78 is 0. The van der Waals surface area contributed by atoms with Crippen LogP contribution in [-0.4, -0.2) is 5.78 Å². The molecule has 80 valence electrons. The maximum Gasteiger partial charge on any atom is 0.185 e. The summed E-state index contributed by atoms with van der Waals surface area (Å²) in [6.45, 7) is 0. The van der Waals surface area contributed by atoms with Gasteiger partial charge in [-0.15, -0.1) is 11.6 Å². The molecular weight excluding hydrogens is 220 g/mol. The van der Waals surface area contributed by atoms with Crippen molar-refractivity contribution in [3.63, 3.8) is 0 Å². The van der Waals surface area contributed by atoms with Crippen LogP contribution in [0, 0.1) is 0 Å². The number of carbonyl (C=O) groups excluding carboxylic acids is 1. The molecule has 2 heteroatoms. The molecule has 0 aromatic heterocycles. The first-order chi connectivity index (χ1) is 7.79. The Morgan fingerprint density at radius 2 is 1.38 bits per heavy atom. The van der Waals surface area contributed by atoms with Gasteiger partial charge in [-0.2, -0.15) is 0 Å². The molecule has 0 aliphatic rings. The van der Waals surface area contributed by atoms with Crippen molar-refractivity contribution >= 4 is 17.4 Å². The number of halogens is 1. The molecule has 1 nitrogen and oxygen atoms in total. The quantitative estimate of drug-likeness (QED) is 0.578. The molecule has 0 fully saturated rings. The first-order valence-electron chi connectivity index (χ1n) is 5.07. The molecule has 0 saturated carbocycles. The number of hydrogen-bond donors (Lipinski definition) is 0. The second-order valence-corrected chi connectivity index (χ2v) is 3.94. The summed E-state index contributed by atoms with van der Waals surface area (Å²) in [5.41, 5.74) is 1.48. The topological polar surface area (TPSA) is 17.1 Å². The van der Waals surface area contributed by atoms with Gasteiger partial charge in [0, 0.05) is 5.56 Å². The van der Waals surface area contributed by atoms with Crippen molar-refractivity contribution in [3.8, 4) is 0 Å². The lowest BCUT2D eigenvalue weighted by Gasteiger charge is -2.08. The number of Topliss-reactive ketones (excluding diaryl/α,β-unsaturated/α-hetero) is 1. The molecule has 0 aliphatic carbocycles. The van der Waals surface area contributed by atoms with Gasteiger partial charge in [0.15, 0.2) is 5.78 Å². The lowest BCUT2D eigenvalue weighted by Crippen LogP contribution is -2.06. The highest BCUT2D eigenvalue weighted by molar-refractivity contribution is 6.33. The summed E-state index contributed by atoms with van der Waals surface area (Å²) >= 11 is 6.14. The highest BCUT2D eigenvalue weighted by Gasteiger charge is 2.18. The van der Waals surface area contributed by atoms with Gasteiger partial charge in [-0.3, -0.25) is 4.79 Å². The summed E-state index contributed by atoms with van der Waals surface area (Å²) in [5, 5.41) is -0.608. The minimum Gasteiger partial charge on any atom is -0.292 e. The SMILES string of the molecule is O=C(c1ccccc1)C(Cl)c1ccccc1.